The largest absolute Gasteiger partial charge is 0.462 e. The lowest BCUT2D eigenvalue weighted by atomic mass is 9.46. The fraction of sp³-hybridized carbons (Fsp3) is 0.897. The lowest BCUT2D eigenvalue weighted by Crippen LogP contribution is -2.53. The molecule has 32 heavy (non-hydrogen) atoms. The molecule has 0 unspecified atom stereocenters. The highest BCUT2D eigenvalue weighted by Gasteiger charge is 2.60. The fourth-order valence-electron chi connectivity index (χ4n) is 9.08. The van der Waals surface area contributed by atoms with Crippen molar-refractivity contribution in [2.24, 2.45) is 46.3 Å². The number of ether oxygens (including phenoxy) is 1. The second-order valence-corrected chi connectivity index (χ2v) is 12.7. The van der Waals surface area contributed by atoms with Gasteiger partial charge in [0.15, 0.2) is 0 Å². The van der Waals surface area contributed by atoms with Gasteiger partial charge in [0.1, 0.15) is 6.10 Å². The second-order valence-electron chi connectivity index (χ2n) is 12.7. The molecule has 0 aromatic rings. The van der Waals surface area contributed by atoms with Crippen molar-refractivity contribution in [1.82, 2.24) is 0 Å². The minimum Gasteiger partial charge on any atom is -0.462 e. The summed E-state index contributed by atoms with van der Waals surface area (Å²) in [7, 11) is 0. The van der Waals surface area contributed by atoms with E-state index >= 15 is 0 Å². The molecule has 3 fully saturated rings. The smallest absolute Gasteiger partial charge is 0.302 e. The zero-order valence-electron chi connectivity index (χ0n) is 21.4. The maximum Gasteiger partial charge on any atom is 0.302 e. The Labute approximate surface area is 196 Å². The van der Waals surface area contributed by atoms with Gasteiger partial charge in [-0.25, -0.2) is 0 Å². The van der Waals surface area contributed by atoms with E-state index in [1.54, 1.807) is 0 Å². The molecule has 0 amide bonds. The number of hydrogen-bond donors (Lipinski definition) is 1. The Morgan fingerprint density at radius 2 is 1.91 bits per heavy atom. The van der Waals surface area contributed by atoms with Crippen LogP contribution in [0.1, 0.15) is 105 Å². The molecule has 0 spiro atoms. The second kappa shape index (κ2) is 9.43. The van der Waals surface area contributed by atoms with E-state index < -0.39 is 0 Å². The highest BCUT2D eigenvalue weighted by Crippen LogP contribution is 2.67. The zero-order valence-corrected chi connectivity index (χ0v) is 21.4. The van der Waals surface area contributed by atoms with E-state index in [9.17, 15) is 9.90 Å². The predicted octanol–water partition coefficient (Wildman–Crippen LogP) is 6.93. The quantitative estimate of drug-likeness (QED) is 0.342. The van der Waals surface area contributed by atoms with Crippen molar-refractivity contribution in [3.63, 3.8) is 0 Å². The lowest BCUT2D eigenvalue weighted by molar-refractivity contribution is -0.149. The summed E-state index contributed by atoms with van der Waals surface area (Å²) in [6, 6.07) is 0. The van der Waals surface area contributed by atoms with Crippen molar-refractivity contribution in [3.05, 3.63) is 11.6 Å². The minimum atomic E-state index is -0.172. The summed E-state index contributed by atoms with van der Waals surface area (Å²) in [6.07, 6.45) is 15.9. The number of allylic oxidation sites excluding steroid dienone is 1. The van der Waals surface area contributed by atoms with Crippen LogP contribution >= 0.6 is 0 Å². The first-order chi connectivity index (χ1) is 15.2. The fourth-order valence-corrected chi connectivity index (χ4v) is 9.08. The molecule has 3 saturated carbocycles. The van der Waals surface area contributed by atoms with Gasteiger partial charge in [-0.15, -0.1) is 0 Å². The van der Waals surface area contributed by atoms with E-state index in [0.717, 1.165) is 48.9 Å². The summed E-state index contributed by atoms with van der Waals surface area (Å²) in [5.41, 5.74) is 1.83. The van der Waals surface area contributed by atoms with Crippen LogP contribution in [-0.4, -0.2) is 23.8 Å². The maximum atomic E-state index is 11.5. The molecule has 8 atom stereocenters. The van der Waals surface area contributed by atoms with Crippen LogP contribution in [0.4, 0.5) is 0 Å². The number of fused-ring (bicyclic) bond motifs is 5. The van der Waals surface area contributed by atoms with Crippen LogP contribution < -0.4 is 0 Å². The third kappa shape index (κ3) is 4.21. The number of carbonyl (C=O) groups excluding carboxylic acids is 1. The van der Waals surface area contributed by atoms with Crippen LogP contribution in [-0.2, 0) is 9.53 Å². The predicted molar refractivity (Wildman–Crippen MR) is 130 cm³/mol. The summed E-state index contributed by atoms with van der Waals surface area (Å²) in [6.45, 7) is 11.6. The molecule has 0 radical (unpaired) electrons. The van der Waals surface area contributed by atoms with Gasteiger partial charge in [0.25, 0.3) is 0 Å². The number of rotatable bonds is 7. The highest BCUT2D eigenvalue weighted by atomic mass is 16.5. The summed E-state index contributed by atoms with van der Waals surface area (Å²) >= 11 is 0. The first kappa shape index (κ1) is 24.3. The Hall–Kier alpha value is -0.830. The maximum absolute atomic E-state index is 11.5. The van der Waals surface area contributed by atoms with Gasteiger partial charge in [-0.3, -0.25) is 4.79 Å². The third-order valence-corrected chi connectivity index (χ3v) is 10.6. The monoisotopic (exact) mass is 444 g/mol. The van der Waals surface area contributed by atoms with Gasteiger partial charge >= 0.3 is 5.97 Å². The first-order valence-electron chi connectivity index (χ1n) is 13.7. The van der Waals surface area contributed by atoms with Crippen LogP contribution in [0.3, 0.4) is 0 Å². The van der Waals surface area contributed by atoms with E-state index in [0.29, 0.717) is 11.3 Å². The van der Waals surface area contributed by atoms with Crippen molar-refractivity contribution >= 4 is 5.97 Å². The van der Waals surface area contributed by atoms with Crippen LogP contribution in [0.5, 0.6) is 0 Å². The normalized spacial score (nSPS) is 42.0. The van der Waals surface area contributed by atoms with Gasteiger partial charge in [-0.05, 0) is 85.9 Å². The number of aliphatic hydroxyl groups excluding tert-OH is 1. The average molecular weight is 445 g/mol. The van der Waals surface area contributed by atoms with Gasteiger partial charge in [0, 0.05) is 18.8 Å². The Balaban J connectivity index is 1.50. The summed E-state index contributed by atoms with van der Waals surface area (Å²) < 4.78 is 5.58. The van der Waals surface area contributed by atoms with Crippen molar-refractivity contribution in [1.29, 1.82) is 0 Å². The Bertz CT molecular complexity index is 711. The summed E-state index contributed by atoms with van der Waals surface area (Å²) in [4.78, 5) is 11.5. The molecule has 1 N–H and O–H groups in total. The molecule has 4 rings (SSSR count). The standard InChI is InChI=1S/C29H48O3/c1-19(2)7-6-8-20(3)25-11-12-26-24-10-9-22-17-23(32-21(4)31)13-16-29(22,18-30)27(24)14-15-28(25,26)5/h9,19-20,23-27,30H,6-8,10-18H2,1-5H3/t20-,23-,24+,25-,26+,27+,28-,29-/m1/s1. The van der Waals surface area contributed by atoms with E-state index in [2.05, 4.69) is 33.8 Å². The van der Waals surface area contributed by atoms with Gasteiger partial charge in [-0.1, -0.05) is 58.6 Å². The van der Waals surface area contributed by atoms with Gasteiger partial charge in [0.2, 0.25) is 0 Å². The lowest BCUT2D eigenvalue weighted by Gasteiger charge is -2.59. The van der Waals surface area contributed by atoms with Gasteiger partial charge < -0.3 is 9.84 Å². The molecule has 4 aliphatic carbocycles. The van der Waals surface area contributed by atoms with Crippen molar-refractivity contribution in [2.45, 2.75) is 111 Å². The Morgan fingerprint density at radius 3 is 2.59 bits per heavy atom. The van der Waals surface area contributed by atoms with Gasteiger partial charge in [0.05, 0.1) is 6.61 Å². The molecule has 3 nitrogen and oxygen atoms in total. The minimum absolute atomic E-state index is 0.00591. The van der Waals surface area contributed by atoms with Crippen LogP contribution in [0.25, 0.3) is 0 Å². The molecular weight excluding hydrogens is 396 g/mol. The van der Waals surface area contributed by atoms with Crippen LogP contribution in [0.2, 0.25) is 0 Å². The Kier molecular flexibility index (Phi) is 7.16. The molecule has 0 aromatic carbocycles. The molecule has 0 bridgehead atoms. The highest BCUT2D eigenvalue weighted by molar-refractivity contribution is 5.66. The van der Waals surface area contributed by atoms with Crippen molar-refractivity contribution in [3.8, 4) is 0 Å². The van der Waals surface area contributed by atoms with Crippen molar-refractivity contribution in [2.75, 3.05) is 6.61 Å². The summed E-state index contributed by atoms with van der Waals surface area (Å²) in [5.74, 6) is 4.50. The zero-order chi connectivity index (χ0) is 23.1. The summed E-state index contributed by atoms with van der Waals surface area (Å²) in [5, 5.41) is 10.7. The molecule has 0 aliphatic heterocycles. The number of carbonyl (C=O) groups is 1. The average Bonchev–Trinajstić information content (AvgIpc) is 3.10. The number of aliphatic hydroxyl groups is 1. The van der Waals surface area contributed by atoms with E-state index in [1.807, 2.05) is 0 Å². The van der Waals surface area contributed by atoms with E-state index in [4.69, 9.17) is 4.74 Å². The Morgan fingerprint density at radius 1 is 1.12 bits per heavy atom. The molecule has 4 aliphatic rings. The number of hydrogen-bond acceptors (Lipinski definition) is 3. The first-order valence-corrected chi connectivity index (χ1v) is 13.7. The third-order valence-electron chi connectivity index (χ3n) is 10.6. The van der Waals surface area contributed by atoms with Gasteiger partial charge in [-0.2, -0.15) is 0 Å². The number of esters is 1. The molecule has 0 heterocycles. The van der Waals surface area contributed by atoms with E-state index in [-0.39, 0.29) is 24.1 Å². The van der Waals surface area contributed by atoms with Crippen molar-refractivity contribution < 1.29 is 14.6 Å². The van der Waals surface area contributed by atoms with Crippen LogP contribution in [0.15, 0.2) is 11.6 Å². The molecule has 3 heteroatoms. The molecular formula is C29H48O3. The molecule has 0 aromatic heterocycles. The van der Waals surface area contributed by atoms with Crippen LogP contribution in [0, 0.1) is 46.3 Å². The van der Waals surface area contributed by atoms with E-state index in [1.165, 1.54) is 63.9 Å². The SMILES string of the molecule is CC(=O)O[C@@H]1CC[C@@]2(CO)C(=CC[C@@H]3[C@@H]2CC[C@]2(C)[C@@H]([C@H](C)CCCC(C)C)CC[C@@H]32)C1. The molecule has 182 valence electrons. The molecule has 0 saturated heterocycles. The topological polar surface area (TPSA) is 46.5 Å².